The fourth-order valence-corrected chi connectivity index (χ4v) is 2.47. The lowest BCUT2D eigenvalue weighted by molar-refractivity contribution is 0.122. The van der Waals surface area contributed by atoms with E-state index in [4.69, 9.17) is 4.74 Å². The molecule has 0 saturated carbocycles. The summed E-state index contributed by atoms with van der Waals surface area (Å²) in [5.74, 6) is 0.0782. The molecule has 0 unspecified atom stereocenters. The van der Waals surface area contributed by atoms with E-state index in [1.54, 1.807) is 13.0 Å². The van der Waals surface area contributed by atoms with Gasteiger partial charge in [-0.15, -0.1) is 0 Å². The van der Waals surface area contributed by atoms with Crippen LogP contribution in [0.2, 0.25) is 0 Å². The lowest BCUT2D eigenvalue weighted by Crippen LogP contribution is -2.36. The molecular weight excluding hydrogens is 252 g/mol. The topological polar surface area (TPSA) is 58.6 Å². The summed E-state index contributed by atoms with van der Waals surface area (Å²) >= 11 is 0. The van der Waals surface area contributed by atoms with E-state index in [-0.39, 0.29) is 5.75 Å². The normalized spacial score (nSPS) is 16.6. The molecule has 2 rings (SSSR count). The number of rotatable bonds is 4. The molecule has 0 radical (unpaired) electrons. The quantitative estimate of drug-likeness (QED) is 0.895. The minimum Gasteiger partial charge on any atom is -0.378 e. The van der Waals surface area contributed by atoms with Crippen LogP contribution in [-0.2, 0) is 14.8 Å². The van der Waals surface area contributed by atoms with Gasteiger partial charge in [0, 0.05) is 18.8 Å². The van der Waals surface area contributed by atoms with Crippen LogP contribution in [0, 0.1) is 0 Å². The number of nitrogens with zero attached hydrogens (tertiary/aromatic N) is 1. The zero-order valence-electron chi connectivity index (χ0n) is 10.4. The van der Waals surface area contributed by atoms with Crippen molar-refractivity contribution < 1.29 is 13.2 Å². The van der Waals surface area contributed by atoms with E-state index in [1.807, 2.05) is 18.2 Å². The first-order chi connectivity index (χ1) is 8.61. The highest BCUT2D eigenvalue weighted by molar-refractivity contribution is 7.92. The van der Waals surface area contributed by atoms with Gasteiger partial charge in [-0.1, -0.05) is 6.07 Å². The summed E-state index contributed by atoms with van der Waals surface area (Å²) in [5, 5.41) is 0. The molecule has 18 heavy (non-hydrogen) atoms. The number of benzene rings is 1. The van der Waals surface area contributed by atoms with Crippen molar-refractivity contribution in [2.24, 2.45) is 0 Å². The molecule has 100 valence electrons. The second kappa shape index (κ2) is 5.58. The molecule has 0 aliphatic carbocycles. The number of morpholine rings is 1. The molecule has 0 bridgehead atoms. The van der Waals surface area contributed by atoms with Crippen LogP contribution < -0.4 is 9.62 Å². The van der Waals surface area contributed by atoms with Crippen molar-refractivity contribution >= 4 is 21.4 Å². The van der Waals surface area contributed by atoms with E-state index in [0.717, 1.165) is 18.8 Å². The van der Waals surface area contributed by atoms with Crippen molar-refractivity contribution in [3.63, 3.8) is 0 Å². The molecule has 1 aliphatic rings. The Bertz CT molecular complexity index is 496. The fraction of sp³-hybridized carbons (Fsp3) is 0.500. The maximum atomic E-state index is 11.5. The van der Waals surface area contributed by atoms with Gasteiger partial charge in [-0.05, 0) is 25.1 Å². The minimum absolute atomic E-state index is 0.0782. The summed E-state index contributed by atoms with van der Waals surface area (Å²) in [6, 6.07) is 7.46. The van der Waals surface area contributed by atoms with Crippen molar-refractivity contribution in [3.05, 3.63) is 24.3 Å². The molecule has 0 atom stereocenters. The van der Waals surface area contributed by atoms with Gasteiger partial charge in [0.05, 0.1) is 24.7 Å². The van der Waals surface area contributed by atoms with Gasteiger partial charge >= 0.3 is 0 Å². The van der Waals surface area contributed by atoms with Gasteiger partial charge in [0.25, 0.3) is 0 Å². The van der Waals surface area contributed by atoms with E-state index in [1.165, 1.54) is 0 Å². The molecule has 0 spiro atoms. The summed E-state index contributed by atoms with van der Waals surface area (Å²) < 4.78 is 30.9. The molecule has 1 fully saturated rings. The maximum Gasteiger partial charge on any atom is 0.232 e. The van der Waals surface area contributed by atoms with Crippen LogP contribution in [0.3, 0.4) is 0 Å². The fourth-order valence-electron chi connectivity index (χ4n) is 1.84. The standard InChI is InChI=1S/C12H18N2O3S/c1-2-18(15,16)13-11-4-3-5-12(10-11)14-6-8-17-9-7-14/h3-5,10,13H,2,6-9H2,1H3. The Labute approximate surface area is 108 Å². The molecular formula is C12H18N2O3S. The van der Waals surface area contributed by atoms with Crippen molar-refractivity contribution in [3.8, 4) is 0 Å². The molecule has 6 heteroatoms. The highest BCUT2D eigenvalue weighted by Gasteiger charge is 2.12. The molecule has 1 heterocycles. The monoisotopic (exact) mass is 270 g/mol. The van der Waals surface area contributed by atoms with Crippen LogP contribution in [0.4, 0.5) is 11.4 Å². The Morgan fingerprint density at radius 1 is 1.33 bits per heavy atom. The van der Waals surface area contributed by atoms with Gasteiger partial charge in [0.15, 0.2) is 0 Å². The Morgan fingerprint density at radius 3 is 2.72 bits per heavy atom. The predicted molar refractivity (Wildman–Crippen MR) is 72.6 cm³/mol. The summed E-state index contributed by atoms with van der Waals surface area (Å²) in [4.78, 5) is 2.19. The van der Waals surface area contributed by atoms with Crippen LogP contribution in [0.1, 0.15) is 6.92 Å². The third-order valence-corrected chi connectivity index (χ3v) is 4.18. The second-order valence-corrected chi connectivity index (χ2v) is 6.17. The molecule has 1 aromatic rings. The molecule has 0 aromatic heterocycles. The number of ether oxygens (including phenoxy) is 1. The summed E-state index contributed by atoms with van der Waals surface area (Å²) in [7, 11) is -3.21. The molecule has 1 aromatic carbocycles. The Morgan fingerprint density at radius 2 is 2.06 bits per heavy atom. The van der Waals surface area contributed by atoms with Crippen LogP contribution >= 0.6 is 0 Å². The number of hydrogen-bond donors (Lipinski definition) is 1. The molecule has 0 amide bonds. The minimum atomic E-state index is -3.21. The van der Waals surface area contributed by atoms with Gasteiger partial charge in [0.1, 0.15) is 0 Å². The Balaban J connectivity index is 2.14. The van der Waals surface area contributed by atoms with Gasteiger partial charge in [-0.2, -0.15) is 0 Å². The van der Waals surface area contributed by atoms with Crippen molar-refractivity contribution in [1.82, 2.24) is 0 Å². The Kier molecular flexibility index (Phi) is 4.08. The van der Waals surface area contributed by atoms with E-state index in [2.05, 4.69) is 9.62 Å². The van der Waals surface area contributed by atoms with Gasteiger partial charge in [0.2, 0.25) is 10.0 Å². The molecule has 1 saturated heterocycles. The first-order valence-electron chi connectivity index (χ1n) is 6.04. The van der Waals surface area contributed by atoms with Gasteiger partial charge in [-0.25, -0.2) is 8.42 Å². The average Bonchev–Trinajstić information content (AvgIpc) is 2.40. The second-order valence-electron chi connectivity index (χ2n) is 4.16. The zero-order chi connectivity index (χ0) is 13.0. The lowest BCUT2D eigenvalue weighted by Gasteiger charge is -2.29. The Hall–Kier alpha value is -1.27. The molecule has 1 N–H and O–H groups in total. The first-order valence-corrected chi connectivity index (χ1v) is 7.69. The van der Waals surface area contributed by atoms with E-state index in [9.17, 15) is 8.42 Å². The number of anilines is 2. The van der Waals surface area contributed by atoms with Crippen molar-refractivity contribution in [2.45, 2.75) is 6.92 Å². The zero-order valence-corrected chi connectivity index (χ0v) is 11.2. The molecule has 1 aliphatic heterocycles. The van der Waals surface area contributed by atoms with E-state index < -0.39 is 10.0 Å². The molecule has 5 nitrogen and oxygen atoms in total. The van der Waals surface area contributed by atoms with Crippen LogP contribution in [0.5, 0.6) is 0 Å². The lowest BCUT2D eigenvalue weighted by atomic mass is 10.2. The predicted octanol–water partition coefficient (Wildman–Crippen LogP) is 1.28. The third kappa shape index (κ3) is 3.36. The van der Waals surface area contributed by atoms with Crippen molar-refractivity contribution in [2.75, 3.05) is 41.7 Å². The maximum absolute atomic E-state index is 11.5. The summed E-state index contributed by atoms with van der Waals surface area (Å²) in [6.07, 6.45) is 0. The average molecular weight is 270 g/mol. The van der Waals surface area contributed by atoms with E-state index in [0.29, 0.717) is 18.9 Å². The van der Waals surface area contributed by atoms with E-state index >= 15 is 0 Å². The smallest absolute Gasteiger partial charge is 0.232 e. The van der Waals surface area contributed by atoms with Crippen LogP contribution in [0.25, 0.3) is 0 Å². The van der Waals surface area contributed by atoms with Gasteiger partial charge in [-0.3, -0.25) is 4.72 Å². The number of nitrogens with one attached hydrogen (secondary N) is 1. The van der Waals surface area contributed by atoms with Crippen molar-refractivity contribution in [1.29, 1.82) is 0 Å². The highest BCUT2D eigenvalue weighted by atomic mass is 32.2. The van der Waals surface area contributed by atoms with Crippen LogP contribution in [-0.4, -0.2) is 40.5 Å². The number of hydrogen-bond acceptors (Lipinski definition) is 4. The summed E-state index contributed by atoms with van der Waals surface area (Å²) in [6.45, 7) is 4.72. The summed E-state index contributed by atoms with van der Waals surface area (Å²) in [5.41, 5.74) is 1.63. The third-order valence-electron chi connectivity index (χ3n) is 2.88. The van der Waals surface area contributed by atoms with Gasteiger partial charge < -0.3 is 9.64 Å². The highest BCUT2D eigenvalue weighted by Crippen LogP contribution is 2.21. The number of sulfonamides is 1. The SMILES string of the molecule is CCS(=O)(=O)Nc1cccc(N2CCOCC2)c1. The largest absolute Gasteiger partial charge is 0.378 e. The van der Waals surface area contributed by atoms with Crippen LogP contribution in [0.15, 0.2) is 24.3 Å². The first kappa shape index (κ1) is 13.2.